The van der Waals surface area contributed by atoms with Gasteiger partial charge in [0.15, 0.2) is 5.78 Å². The minimum Gasteiger partial charge on any atom is -0.298 e. The molecule has 0 aromatic rings. The summed E-state index contributed by atoms with van der Waals surface area (Å²) in [6, 6.07) is 0.654. The predicted molar refractivity (Wildman–Crippen MR) is 60.9 cm³/mol. The molecule has 0 aliphatic carbocycles. The average molecular weight is 291 g/mol. The summed E-state index contributed by atoms with van der Waals surface area (Å²) in [4.78, 5) is 14.0. The van der Waals surface area contributed by atoms with E-state index in [1.54, 1.807) is 0 Å². The molecular formula is C10H14INO. The third-order valence-electron chi connectivity index (χ3n) is 3.05. The number of nitrogens with zero attached hydrogens (tertiary/aromatic N) is 1. The lowest BCUT2D eigenvalue weighted by Crippen LogP contribution is -2.40. The Morgan fingerprint density at radius 3 is 3.08 bits per heavy atom. The molecule has 0 amide bonds. The first kappa shape index (κ1) is 9.65. The molecule has 3 heteroatoms. The first-order chi connectivity index (χ1) is 6.33. The zero-order valence-corrected chi connectivity index (χ0v) is 9.74. The lowest BCUT2D eigenvalue weighted by atomic mass is 10.0. The van der Waals surface area contributed by atoms with Gasteiger partial charge in [-0.05, 0) is 23.5 Å². The molecule has 2 atom stereocenters. The van der Waals surface area contributed by atoms with Crippen LogP contribution in [0.2, 0.25) is 0 Å². The standard InChI is InChI=1S/C10H14INO/c11-5-4-8-7-10(13)9-3-1-2-6-12(8)9/h4-5,8-9H,1-3,6-7H2/b5-4-/t8-,9-/m1/s1. The summed E-state index contributed by atoms with van der Waals surface area (Å²) in [5.74, 6) is 0.458. The molecule has 2 aliphatic rings. The largest absolute Gasteiger partial charge is 0.298 e. The van der Waals surface area contributed by atoms with Gasteiger partial charge in [-0.2, -0.15) is 0 Å². The Morgan fingerprint density at radius 1 is 1.46 bits per heavy atom. The highest BCUT2D eigenvalue weighted by Gasteiger charge is 2.39. The summed E-state index contributed by atoms with van der Waals surface area (Å²) in [6.45, 7) is 1.11. The maximum atomic E-state index is 11.6. The van der Waals surface area contributed by atoms with Crippen molar-refractivity contribution >= 4 is 28.4 Å². The summed E-state index contributed by atoms with van der Waals surface area (Å²) in [5, 5.41) is 0. The third kappa shape index (κ3) is 1.81. The molecule has 0 radical (unpaired) electrons. The van der Waals surface area contributed by atoms with Crippen molar-refractivity contribution in [1.82, 2.24) is 4.90 Å². The molecule has 72 valence electrons. The minimum atomic E-state index is 0.256. The van der Waals surface area contributed by atoms with Gasteiger partial charge >= 0.3 is 0 Å². The number of piperidine rings is 1. The number of rotatable bonds is 1. The number of hydrogen-bond acceptors (Lipinski definition) is 2. The SMILES string of the molecule is O=C1C[C@@H](/C=C\I)N2CCCC[C@H]12. The molecule has 2 aliphatic heterocycles. The van der Waals surface area contributed by atoms with Crippen LogP contribution in [-0.2, 0) is 4.79 Å². The topological polar surface area (TPSA) is 20.3 Å². The Balaban J connectivity index is 2.12. The van der Waals surface area contributed by atoms with Crippen molar-refractivity contribution in [2.24, 2.45) is 0 Å². The summed E-state index contributed by atoms with van der Waals surface area (Å²) < 4.78 is 2.03. The lowest BCUT2D eigenvalue weighted by Gasteiger charge is -2.31. The zero-order chi connectivity index (χ0) is 9.26. The third-order valence-corrected chi connectivity index (χ3v) is 3.46. The minimum absolute atomic E-state index is 0.256. The van der Waals surface area contributed by atoms with Crippen LogP contribution in [0.1, 0.15) is 25.7 Å². The zero-order valence-electron chi connectivity index (χ0n) is 7.58. The van der Waals surface area contributed by atoms with Gasteiger partial charge in [0, 0.05) is 12.5 Å². The Bertz CT molecular complexity index is 239. The van der Waals surface area contributed by atoms with Gasteiger partial charge in [-0.1, -0.05) is 35.1 Å². The van der Waals surface area contributed by atoms with Gasteiger partial charge in [0.1, 0.15) is 0 Å². The van der Waals surface area contributed by atoms with E-state index >= 15 is 0 Å². The van der Waals surface area contributed by atoms with Crippen molar-refractivity contribution in [1.29, 1.82) is 0 Å². The summed E-state index contributed by atoms with van der Waals surface area (Å²) in [5.41, 5.74) is 0. The van der Waals surface area contributed by atoms with E-state index < -0.39 is 0 Å². The summed E-state index contributed by atoms with van der Waals surface area (Å²) in [6.07, 6.45) is 6.47. The smallest absolute Gasteiger partial charge is 0.151 e. The van der Waals surface area contributed by atoms with Gasteiger partial charge < -0.3 is 0 Å². The molecule has 0 N–H and O–H groups in total. The van der Waals surface area contributed by atoms with E-state index in [-0.39, 0.29) is 6.04 Å². The molecule has 0 spiro atoms. The van der Waals surface area contributed by atoms with E-state index in [1.165, 1.54) is 12.8 Å². The van der Waals surface area contributed by atoms with Crippen LogP contribution >= 0.6 is 22.6 Å². The lowest BCUT2D eigenvalue weighted by molar-refractivity contribution is -0.120. The van der Waals surface area contributed by atoms with E-state index in [4.69, 9.17) is 0 Å². The molecule has 0 unspecified atom stereocenters. The highest BCUT2D eigenvalue weighted by Crippen LogP contribution is 2.29. The van der Waals surface area contributed by atoms with Crippen molar-refractivity contribution in [3.63, 3.8) is 0 Å². The van der Waals surface area contributed by atoms with Gasteiger partial charge in [0.05, 0.1) is 6.04 Å². The molecule has 2 heterocycles. The highest BCUT2D eigenvalue weighted by molar-refractivity contribution is 14.1. The second-order valence-corrected chi connectivity index (χ2v) is 4.52. The van der Waals surface area contributed by atoms with E-state index in [2.05, 4.69) is 33.6 Å². The molecule has 2 rings (SSSR count). The maximum Gasteiger partial charge on any atom is 0.151 e. The van der Waals surface area contributed by atoms with Crippen molar-refractivity contribution in [3.8, 4) is 0 Å². The number of carbonyl (C=O) groups is 1. The van der Waals surface area contributed by atoms with Crippen LogP contribution < -0.4 is 0 Å². The van der Waals surface area contributed by atoms with E-state index in [9.17, 15) is 4.79 Å². The molecule has 2 nitrogen and oxygen atoms in total. The van der Waals surface area contributed by atoms with Gasteiger partial charge in [-0.15, -0.1) is 0 Å². The monoisotopic (exact) mass is 291 g/mol. The number of halogens is 1. The molecule has 0 aromatic heterocycles. The van der Waals surface area contributed by atoms with E-state index in [0.29, 0.717) is 11.8 Å². The molecule has 2 saturated heterocycles. The van der Waals surface area contributed by atoms with Crippen LogP contribution in [0.15, 0.2) is 10.2 Å². The first-order valence-electron chi connectivity index (χ1n) is 4.88. The van der Waals surface area contributed by atoms with Crippen LogP contribution in [0.5, 0.6) is 0 Å². The number of ketones is 1. The summed E-state index contributed by atoms with van der Waals surface area (Å²) in [7, 11) is 0. The van der Waals surface area contributed by atoms with Crippen LogP contribution in [-0.4, -0.2) is 29.3 Å². The number of carbonyl (C=O) groups excluding carboxylic acids is 1. The van der Waals surface area contributed by atoms with Gasteiger partial charge in [-0.25, -0.2) is 0 Å². The Kier molecular flexibility index (Phi) is 3.03. The molecule has 0 aromatic carbocycles. The normalized spacial score (nSPS) is 35.6. The number of Topliss-reactive ketones (excluding diaryl/α,β-unsaturated/α-hetero) is 1. The van der Waals surface area contributed by atoms with E-state index in [0.717, 1.165) is 19.4 Å². The van der Waals surface area contributed by atoms with Crippen LogP contribution in [0.4, 0.5) is 0 Å². The van der Waals surface area contributed by atoms with Gasteiger partial charge in [-0.3, -0.25) is 9.69 Å². The van der Waals surface area contributed by atoms with Crippen molar-refractivity contribution < 1.29 is 4.79 Å². The second-order valence-electron chi connectivity index (χ2n) is 3.81. The predicted octanol–water partition coefficient (Wildman–Crippen LogP) is 2.13. The molecule has 0 bridgehead atoms. The Labute approximate surface area is 92.5 Å². The van der Waals surface area contributed by atoms with Crippen LogP contribution in [0.25, 0.3) is 0 Å². The Morgan fingerprint density at radius 2 is 2.31 bits per heavy atom. The average Bonchev–Trinajstić information content (AvgIpc) is 2.46. The van der Waals surface area contributed by atoms with E-state index in [1.807, 2.05) is 4.08 Å². The number of hydrogen-bond donors (Lipinski definition) is 0. The van der Waals surface area contributed by atoms with Crippen molar-refractivity contribution in [2.75, 3.05) is 6.54 Å². The fraction of sp³-hybridized carbons (Fsp3) is 0.700. The first-order valence-corrected chi connectivity index (χ1v) is 6.13. The number of fused-ring (bicyclic) bond motifs is 1. The van der Waals surface area contributed by atoms with Crippen LogP contribution in [0, 0.1) is 0 Å². The quantitative estimate of drug-likeness (QED) is 0.690. The molecule has 13 heavy (non-hydrogen) atoms. The van der Waals surface area contributed by atoms with Crippen LogP contribution in [0.3, 0.4) is 0 Å². The fourth-order valence-corrected chi connectivity index (χ4v) is 2.90. The maximum absolute atomic E-state index is 11.6. The fourth-order valence-electron chi connectivity index (χ4n) is 2.42. The van der Waals surface area contributed by atoms with Crippen molar-refractivity contribution in [2.45, 2.75) is 37.8 Å². The molecule has 2 fully saturated rings. The van der Waals surface area contributed by atoms with Crippen molar-refractivity contribution in [3.05, 3.63) is 10.2 Å². The van der Waals surface area contributed by atoms with Gasteiger partial charge in [0.25, 0.3) is 0 Å². The van der Waals surface area contributed by atoms with Gasteiger partial charge in [0.2, 0.25) is 0 Å². The second kappa shape index (κ2) is 4.09. The summed E-state index contributed by atoms with van der Waals surface area (Å²) >= 11 is 2.23. The highest BCUT2D eigenvalue weighted by atomic mass is 127. The molecule has 0 saturated carbocycles. The Hall–Kier alpha value is 0.1000. The molecular weight excluding hydrogens is 277 g/mol.